The Morgan fingerprint density at radius 1 is 1.09 bits per heavy atom. The van der Waals surface area contributed by atoms with Crippen molar-refractivity contribution in [2.24, 2.45) is 0 Å². The van der Waals surface area contributed by atoms with Gasteiger partial charge in [-0.25, -0.2) is 9.47 Å². The zero-order chi connectivity index (χ0) is 16.0. The monoisotopic (exact) mass is 338 g/mol. The summed E-state index contributed by atoms with van der Waals surface area (Å²) in [6, 6.07) is 7.55. The van der Waals surface area contributed by atoms with Gasteiger partial charge in [-0.2, -0.15) is 5.01 Å². The van der Waals surface area contributed by atoms with Crippen LogP contribution in [0.25, 0.3) is 0 Å². The van der Waals surface area contributed by atoms with E-state index in [0.29, 0.717) is 0 Å². The van der Waals surface area contributed by atoms with Gasteiger partial charge < -0.3 is 4.74 Å². The van der Waals surface area contributed by atoms with Gasteiger partial charge in [0, 0.05) is 0 Å². The standard InChI is InChI=1S/C14H8Cl2N2O4/c1-22-14(21)10-6-9(15)11(16)17(10)18-12(19)7-4-2-3-5-8(7)13(18)20/h2-6H,1H3. The highest BCUT2D eigenvalue weighted by Crippen LogP contribution is 2.31. The Kier molecular flexibility index (Phi) is 3.42. The molecule has 8 heteroatoms. The predicted octanol–water partition coefficient (Wildman–Crippen LogP) is 2.51. The lowest BCUT2D eigenvalue weighted by atomic mass is 10.1. The first-order chi connectivity index (χ1) is 10.5. The van der Waals surface area contributed by atoms with E-state index in [1.807, 2.05) is 0 Å². The molecular formula is C14H8Cl2N2O4. The number of ether oxygens (including phenoxy) is 1. The molecule has 0 fully saturated rings. The lowest BCUT2D eigenvalue weighted by Crippen LogP contribution is -2.41. The largest absolute Gasteiger partial charge is 0.464 e. The van der Waals surface area contributed by atoms with Crippen molar-refractivity contribution in [3.63, 3.8) is 0 Å². The minimum Gasteiger partial charge on any atom is -0.464 e. The Morgan fingerprint density at radius 3 is 2.14 bits per heavy atom. The first-order valence-electron chi connectivity index (χ1n) is 6.10. The number of nitrogens with zero attached hydrogens (tertiary/aromatic N) is 2. The number of esters is 1. The fourth-order valence-corrected chi connectivity index (χ4v) is 2.66. The average molecular weight is 339 g/mol. The molecule has 0 radical (unpaired) electrons. The summed E-state index contributed by atoms with van der Waals surface area (Å²) >= 11 is 12.0. The molecule has 2 aromatic rings. The first-order valence-corrected chi connectivity index (χ1v) is 6.86. The minimum atomic E-state index is -0.773. The van der Waals surface area contributed by atoms with E-state index in [4.69, 9.17) is 23.2 Å². The maximum absolute atomic E-state index is 12.5. The van der Waals surface area contributed by atoms with E-state index < -0.39 is 17.8 Å². The summed E-state index contributed by atoms with van der Waals surface area (Å²) < 4.78 is 5.58. The Morgan fingerprint density at radius 2 is 1.64 bits per heavy atom. The fraction of sp³-hybridized carbons (Fsp3) is 0.0714. The van der Waals surface area contributed by atoms with Crippen LogP contribution >= 0.6 is 23.2 Å². The molecule has 2 amide bonds. The molecule has 0 aliphatic carbocycles. The van der Waals surface area contributed by atoms with Crippen LogP contribution in [-0.4, -0.2) is 29.6 Å². The molecule has 0 unspecified atom stereocenters. The topological polar surface area (TPSA) is 68.6 Å². The smallest absolute Gasteiger partial charge is 0.356 e. The normalized spacial score (nSPS) is 13.5. The van der Waals surface area contributed by atoms with Crippen molar-refractivity contribution in [3.05, 3.63) is 57.3 Å². The second-order valence-corrected chi connectivity index (χ2v) is 5.20. The van der Waals surface area contributed by atoms with Gasteiger partial charge in [0.1, 0.15) is 5.15 Å². The molecule has 6 nitrogen and oxygen atoms in total. The number of fused-ring (bicyclic) bond motifs is 1. The van der Waals surface area contributed by atoms with Crippen LogP contribution in [0.1, 0.15) is 31.2 Å². The number of rotatable bonds is 2. The molecule has 22 heavy (non-hydrogen) atoms. The second kappa shape index (κ2) is 5.15. The zero-order valence-electron chi connectivity index (χ0n) is 11.2. The summed E-state index contributed by atoms with van der Waals surface area (Å²) in [6.07, 6.45) is 0. The van der Waals surface area contributed by atoms with Gasteiger partial charge in [-0.15, -0.1) is 0 Å². The lowest BCUT2D eigenvalue weighted by molar-refractivity contribution is 0.0588. The highest BCUT2D eigenvalue weighted by atomic mass is 35.5. The van der Waals surface area contributed by atoms with E-state index in [1.54, 1.807) is 12.1 Å². The summed E-state index contributed by atoms with van der Waals surface area (Å²) in [6.45, 7) is 0. The number of hydrogen-bond donors (Lipinski definition) is 0. The number of carbonyl (C=O) groups excluding carboxylic acids is 3. The number of imide groups is 1. The SMILES string of the molecule is COC(=O)c1cc(Cl)c(Cl)n1N1C(=O)c2ccccc2C1=O. The number of halogens is 2. The van der Waals surface area contributed by atoms with Gasteiger partial charge in [-0.3, -0.25) is 9.59 Å². The maximum atomic E-state index is 12.5. The van der Waals surface area contributed by atoms with Crippen LogP contribution in [0.5, 0.6) is 0 Å². The summed E-state index contributed by atoms with van der Waals surface area (Å²) in [7, 11) is 1.17. The number of amides is 2. The van der Waals surface area contributed by atoms with Crippen LogP contribution in [0.15, 0.2) is 30.3 Å². The van der Waals surface area contributed by atoms with E-state index >= 15 is 0 Å². The zero-order valence-corrected chi connectivity index (χ0v) is 12.7. The van der Waals surface area contributed by atoms with Crippen molar-refractivity contribution < 1.29 is 19.1 Å². The molecule has 0 saturated carbocycles. The van der Waals surface area contributed by atoms with E-state index in [2.05, 4.69) is 4.74 Å². The van der Waals surface area contributed by atoms with Crippen LogP contribution < -0.4 is 5.01 Å². The molecule has 1 aromatic carbocycles. The van der Waals surface area contributed by atoms with Gasteiger partial charge in [0.25, 0.3) is 11.8 Å². The molecule has 0 saturated heterocycles. The van der Waals surface area contributed by atoms with E-state index in [1.165, 1.54) is 25.3 Å². The molecule has 3 rings (SSSR count). The first kappa shape index (κ1) is 14.6. The van der Waals surface area contributed by atoms with E-state index in [0.717, 1.165) is 9.69 Å². The molecule has 112 valence electrons. The van der Waals surface area contributed by atoms with Crippen molar-refractivity contribution in [1.82, 2.24) is 4.68 Å². The summed E-state index contributed by atoms with van der Waals surface area (Å²) in [4.78, 5) is 36.8. The third-order valence-corrected chi connectivity index (χ3v) is 3.99. The molecular weight excluding hydrogens is 331 g/mol. The molecule has 1 aromatic heterocycles. The van der Waals surface area contributed by atoms with Gasteiger partial charge in [-0.1, -0.05) is 35.3 Å². The van der Waals surface area contributed by atoms with Crippen molar-refractivity contribution >= 4 is 41.0 Å². The van der Waals surface area contributed by atoms with E-state index in [-0.39, 0.29) is 27.0 Å². The number of benzene rings is 1. The lowest BCUT2D eigenvalue weighted by Gasteiger charge is -2.18. The van der Waals surface area contributed by atoms with Gasteiger partial charge in [0.15, 0.2) is 5.69 Å². The van der Waals surface area contributed by atoms with Crippen molar-refractivity contribution in [2.45, 2.75) is 0 Å². The fourth-order valence-electron chi connectivity index (χ4n) is 2.25. The maximum Gasteiger partial charge on any atom is 0.356 e. The van der Waals surface area contributed by atoms with Crippen molar-refractivity contribution in [2.75, 3.05) is 12.1 Å². The van der Waals surface area contributed by atoms with Crippen molar-refractivity contribution in [1.29, 1.82) is 0 Å². The van der Waals surface area contributed by atoms with Gasteiger partial charge in [0.2, 0.25) is 0 Å². The van der Waals surface area contributed by atoms with Crippen LogP contribution in [0.4, 0.5) is 0 Å². The Hall–Kier alpha value is -2.31. The molecule has 0 atom stereocenters. The van der Waals surface area contributed by atoms with Crippen molar-refractivity contribution in [3.8, 4) is 0 Å². The third-order valence-electron chi connectivity index (χ3n) is 3.24. The van der Waals surface area contributed by atoms with Crippen LogP contribution in [0, 0.1) is 0 Å². The number of hydrogen-bond acceptors (Lipinski definition) is 4. The Labute approximate surface area is 134 Å². The highest BCUT2D eigenvalue weighted by molar-refractivity contribution is 6.42. The molecule has 0 bridgehead atoms. The highest BCUT2D eigenvalue weighted by Gasteiger charge is 2.39. The average Bonchev–Trinajstić information content (AvgIpc) is 2.95. The number of carbonyl (C=O) groups is 3. The Balaban J connectivity index is 2.20. The molecule has 1 aliphatic rings. The second-order valence-electron chi connectivity index (χ2n) is 4.44. The number of methoxy groups -OCH3 is 1. The van der Waals surface area contributed by atoms with Crippen LogP contribution in [0.3, 0.4) is 0 Å². The van der Waals surface area contributed by atoms with E-state index in [9.17, 15) is 14.4 Å². The minimum absolute atomic E-state index is 0.0265. The number of aromatic nitrogens is 1. The molecule has 0 spiro atoms. The third kappa shape index (κ3) is 1.92. The van der Waals surface area contributed by atoms with Gasteiger partial charge >= 0.3 is 5.97 Å². The quantitative estimate of drug-likeness (QED) is 0.623. The Bertz CT molecular complexity index is 793. The molecule has 1 aliphatic heterocycles. The molecule has 2 heterocycles. The molecule has 0 N–H and O–H groups in total. The summed E-state index contributed by atoms with van der Waals surface area (Å²) in [5, 5.41) is 0.667. The summed E-state index contributed by atoms with van der Waals surface area (Å²) in [5.74, 6) is -1.97. The van der Waals surface area contributed by atoms with Crippen LogP contribution in [-0.2, 0) is 4.74 Å². The van der Waals surface area contributed by atoms with Gasteiger partial charge in [-0.05, 0) is 18.2 Å². The van der Waals surface area contributed by atoms with Crippen LogP contribution in [0.2, 0.25) is 10.2 Å². The predicted molar refractivity (Wildman–Crippen MR) is 79.1 cm³/mol. The van der Waals surface area contributed by atoms with Gasteiger partial charge in [0.05, 0.1) is 23.3 Å². The summed E-state index contributed by atoms with van der Waals surface area (Å²) in [5.41, 5.74) is 0.334.